The van der Waals surface area contributed by atoms with Gasteiger partial charge in [0.25, 0.3) is 0 Å². The molecule has 3 aromatic rings. The summed E-state index contributed by atoms with van der Waals surface area (Å²) in [6.45, 7) is 5.18. The van der Waals surface area contributed by atoms with Gasteiger partial charge in [-0.2, -0.15) is 0 Å². The number of hydrogen-bond acceptors (Lipinski definition) is 6. The molecule has 0 atom stereocenters. The number of carboxylic acid groups (broad SMARTS) is 1. The number of pyridine rings is 1. The van der Waals surface area contributed by atoms with Crippen molar-refractivity contribution in [1.82, 2.24) is 9.97 Å². The van der Waals surface area contributed by atoms with Gasteiger partial charge in [0.05, 0.1) is 5.52 Å². The monoisotopic (exact) mass is 371 g/mol. The molecule has 1 aromatic carbocycles. The zero-order chi connectivity index (χ0) is 18.9. The van der Waals surface area contributed by atoms with Crippen LogP contribution in [0.2, 0.25) is 0 Å². The first-order valence-corrected chi connectivity index (χ1v) is 8.64. The Hall–Kier alpha value is -3.00. The van der Waals surface area contributed by atoms with Crippen molar-refractivity contribution in [2.24, 2.45) is 0 Å². The highest BCUT2D eigenvalue weighted by Gasteiger charge is 2.23. The minimum absolute atomic E-state index is 0.128. The largest absolute Gasteiger partial charge is 0.476 e. The highest BCUT2D eigenvalue weighted by atomic mass is 32.1. The van der Waals surface area contributed by atoms with Crippen molar-refractivity contribution < 1.29 is 19.4 Å². The fourth-order valence-corrected chi connectivity index (χ4v) is 3.21. The van der Waals surface area contributed by atoms with E-state index in [1.165, 1.54) is 0 Å². The molecule has 3 rings (SSSR count). The van der Waals surface area contributed by atoms with E-state index in [4.69, 9.17) is 4.74 Å². The Morgan fingerprint density at radius 3 is 2.69 bits per heavy atom. The van der Waals surface area contributed by atoms with E-state index in [0.29, 0.717) is 5.01 Å². The predicted octanol–water partition coefficient (Wildman–Crippen LogP) is 4.40. The fourth-order valence-electron chi connectivity index (χ4n) is 2.27. The number of rotatable bonds is 3. The van der Waals surface area contributed by atoms with Gasteiger partial charge in [-0.3, -0.25) is 10.3 Å². The fraction of sp³-hybridized carbons (Fsp3) is 0.222. The first-order valence-electron chi connectivity index (χ1n) is 7.82. The molecule has 0 saturated carbocycles. The number of nitrogens with zero attached hydrogens (tertiary/aromatic N) is 2. The summed E-state index contributed by atoms with van der Waals surface area (Å²) in [6, 6.07) is 9.34. The molecular weight excluding hydrogens is 354 g/mol. The second kappa shape index (κ2) is 6.72. The number of anilines is 1. The third kappa shape index (κ3) is 3.97. The Bertz CT molecular complexity index is 992. The van der Waals surface area contributed by atoms with Crippen LogP contribution in [0.5, 0.6) is 0 Å². The quantitative estimate of drug-likeness (QED) is 0.707. The van der Waals surface area contributed by atoms with Crippen LogP contribution < -0.4 is 5.32 Å². The molecular formula is C18H17N3O4S. The van der Waals surface area contributed by atoms with Crippen molar-refractivity contribution in [3.05, 3.63) is 42.2 Å². The lowest BCUT2D eigenvalue weighted by Crippen LogP contribution is -2.27. The van der Waals surface area contributed by atoms with Crippen LogP contribution in [0, 0.1) is 0 Å². The van der Waals surface area contributed by atoms with Gasteiger partial charge in [-0.05, 0) is 32.9 Å². The molecule has 0 bridgehead atoms. The number of ether oxygens (including phenoxy) is 1. The third-order valence-electron chi connectivity index (χ3n) is 3.30. The standard InChI is InChI=1S/C18H17N3O4S/c1-18(2,3)25-17(24)21-15-13(16(22)23)20-14(26-15)11-7-6-10-5-4-8-19-12(10)9-11/h4-9H,1-3H3,(H,21,24)(H,22,23). The average molecular weight is 371 g/mol. The minimum Gasteiger partial charge on any atom is -0.476 e. The lowest BCUT2D eigenvalue weighted by molar-refractivity contribution is 0.0636. The van der Waals surface area contributed by atoms with Crippen LogP contribution in [0.15, 0.2) is 36.5 Å². The van der Waals surface area contributed by atoms with E-state index in [-0.39, 0.29) is 10.7 Å². The van der Waals surface area contributed by atoms with Gasteiger partial charge in [-0.1, -0.05) is 29.5 Å². The summed E-state index contributed by atoms with van der Waals surface area (Å²) in [5, 5.41) is 13.4. The average Bonchev–Trinajstić information content (AvgIpc) is 2.96. The van der Waals surface area contributed by atoms with Crippen LogP contribution in [0.25, 0.3) is 21.5 Å². The van der Waals surface area contributed by atoms with Crippen LogP contribution >= 0.6 is 11.3 Å². The molecule has 0 unspecified atom stereocenters. The van der Waals surface area contributed by atoms with E-state index in [0.717, 1.165) is 27.8 Å². The number of carboxylic acids is 1. The molecule has 0 spiro atoms. The summed E-state index contributed by atoms with van der Waals surface area (Å²) in [5.74, 6) is -1.22. The van der Waals surface area contributed by atoms with Gasteiger partial charge in [0.2, 0.25) is 0 Å². The van der Waals surface area contributed by atoms with E-state index in [2.05, 4.69) is 15.3 Å². The molecule has 7 nitrogen and oxygen atoms in total. The van der Waals surface area contributed by atoms with Crippen molar-refractivity contribution in [1.29, 1.82) is 0 Å². The maximum absolute atomic E-state index is 12.0. The van der Waals surface area contributed by atoms with Crippen LogP contribution in [-0.2, 0) is 4.74 Å². The maximum atomic E-state index is 12.0. The molecule has 26 heavy (non-hydrogen) atoms. The topological polar surface area (TPSA) is 101 Å². The van der Waals surface area contributed by atoms with Crippen molar-refractivity contribution in [2.45, 2.75) is 26.4 Å². The molecule has 2 N–H and O–H groups in total. The van der Waals surface area contributed by atoms with E-state index >= 15 is 0 Å². The molecule has 0 aliphatic carbocycles. The zero-order valence-corrected chi connectivity index (χ0v) is 15.3. The van der Waals surface area contributed by atoms with E-state index < -0.39 is 17.7 Å². The van der Waals surface area contributed by atoms with Gasteiger partial charge in [0.1, 0.15) is 15.6 Å². The number of nitrogens with one attached hydrogen (secondary N) is 1. The molecule has 0 aliphatic heterocycles. The van der Waals surface area contributed by atoms with E-state index in [1.807, 2.05) is 30.3 Å². The Morgan fingerprint density at radius 2 is 2.00 bits per heavy atom. The maximum Gasteiger partial charge on any atom is 0.412 e. The molecule has 0 saturated heterocycles. The van der Waals surface area contributed by atoms with Gasteiger partial charge in [-0.15, -0.1) is 0 Å². The van der Waals surface area contributed by atoms with Crippen molar-refractivity contribution in [3.8, 4) is 10.6 Å². The summed E-state index contributed by atoms with van der Waals surface area (Å²) in [4.78, 5) is 31.9. The Kier molecular flexibility index (Phi) is 4.60. The lowest BCUT2D eigenvalue weighted by atomic mass is 10.1. The first kappa shape index (κ1) is 17.8. The van der Waals surface area contributed by atoms with Crippen LogP contribution in [0.4, 0.5) is 9.80 Å². The van der Waals surface area contributed by atoms with E-state index in [1.54, 1.807) is 27.0 Å². The summed E-state index contributed by atoms with van der Waals surface area (Å²) in [6.07, 6.45) is 0.960. The van der Waals surface area contributed by atoms with Crippen molar-refractivity contribution in [2.75, 3.05) is 5.32 Å². The first-order chi connectivity index (χ1) is 12.2. The van der Waals surface area contributed by atoms with Gasteiger partial charge in [0.15, 0.2) is 5.69 Å². The highest BCUT2D eigenvalue weighted by Crippen LogP contribution is 2.33. The zero-order valence-electron chi connectivity index (χ0n) is 14.4. The predicted molar refractivity (Wildman–Crippen MR) is 99.7 cm³/mol. The number of carbonyl (C=O) groups is 2. The summed E-state index contributed by atoms with van der Waals surface area (Å²) in [7, 11) is 0. The summed E-state index contributed by atoms with van der Waals surface area (Å²) >= 11 is 1.07. The van der Waals surface area contributed by atoms with Gasteiger partial charge in [0, 0.05) is 17.1 Å². The molecule has 8 heteroatoms. The Morgan fingerprint density at radius 1 is 1.23 bits per heavy atom. The molecule has 1 amide bonds. The SMILES string of the molecule is CC(C)(C)OC(=O)Nc1sc(-c2ccc3cccnc3c2)nc1C(=O)O. The molecule has 0 radical (unpaired) electrons. The minimum atomic E-state index is -1.22. The molecule has 0 fully saturated rings. The second-order valence-corrected chi connectivity index (χ2v) is 7.54. The number of hydrogen-bond donors (Lipinski definition) is 2. The van der Waals surface area contributed by atoms with E-state index in [9.17, 15) is 14.7 Å². The normalized spacial score (nSPS) is 11.3. The Labute approximate surface area is 153 Å². The van der Waals surface area contributed by atoms with Crippen LogP contribution in [0.3, 0.4) is 0 Å². The van der Waals surface area contributed by atoms with Crippen LogP contribution in [-0.4, -0.2) is 32.7 Å². The molecule has 134 valence electrons. The van der Waals surface area contributed by atoms with Gasteiger partial charge < -0.3 is 9.84 Å². The van der Waals surface area contributed by atoms with Gasteiger partial charge in [-0.25, -0.2) is 14.6 Å². The van der Waals surface area contributed by atoms with Crippen molar-refractivity contribution >= 4 is 39.3 Å². The number of amides is 1. The number of aromatic carboxylic acids is 1. The summed E-state index contributed by atoms with van der Waals surface area (Å²) < 4.78 is 5.17. The van der Waals surface area contributed by atoms with Crippen LogP contribution in [0.1, 0.15) is 31.3 Å². The third-order valence-corrected chi connectivity index (χ3v) is 4.32. The van der Waals surface area contributed by atoms with Gasteiger partial charge >= 0.3 is 12.1 Å². The van der Waals surface area contributed by atoms with Crippen molar-refractivity contribution in [3.63, 3.8) is 0 Å². The molecule has 2 aromatic heterocycles. The Balaban J connectivity index is 1.95. The molecule has 0 aliphatic rings. The number of benzene rings is 1. The molecule has 2 heterocycles. The lowest BCUT2D eigenvalue weighted by Gasteiger charge is -2.19. The smallest absolute Gasteiger partial charge is 0.412 e. The summed E-state index contributed by atoms with van der Waals surface area (Å²) in [5.41, 5.74) is 0.585. The number of thiazole rings is 1. The number of carbonyl (C=O) groups excluding carboxylic acids is 1. The highest BCUT2D eigenvalue weighted by molar-refractivity contribution is 7.19. The number of aromatic nitrogens is 2. The second-order valence-electron chi connectivity index (χ2n) is 6.54. The number of fused-ring (bicyclic) bond motifs is 1.